The van der Waals surface area contributed by atoms with E-state index < -0.39 is 0 Å². The summed E-state index contributed by atoms with van der Waals surface area (Å²) in [5.74, 6) is 0.243. The summed E-state index contributed by atoms with van der Waals surface area (Å²) in [5.41, 5.74) is 2.59. The Morgan fingerprint density at radius 3 is 2.86 bits per heavy atom. The second-order valence-electron chi connectivity index (χ2n) is 6.42. The first-order valence-electron chi connectivity index (χ1n) is 8.68. The van der Waals surface area contributed by atoms with E-state index in [1.54, 1.807) is 27.8 Å². The minimum absolute atomic E-state index is 0.248. The van der Waals surface area contributed by atoms with Crippen molar-refractivity contribution in [3.8, 4) is 5.82 Å². The summed E-state index contributed by atoms with van der Waals surface area (Å²) in [7, 11) is 0. The predicted octanol–water partition coefficient (Wildman–Crippen LogP) is 2.72. The average molecular weight is 374 g/mol. The van der Waals surface area contributed by atoms with Crippen molar-refractivity contribution < 1.29 is 4.39 Å². The third kappa shape index (κ3) is 2.40. The summed E-state index contributed by atoms with van der Waals surface area (Å²) in [5, 5.41) is 14.0. The summed E-state index contributed by atoms with van der Waals surface area (Å²) in [6.45, 7) is 1.93. The molecule has 0 saturated heterocycles. The molecule has 0 unspecified atom stereocenters. The van der Waals surface area contributed by atoms with Crippen molar-refractivity contribution >= 4 is 22.1 Å². The lowest BCUT2D eigenvalue weighted by Crippen LogP contribution is -2.25. The van der Waals surface area contributed by atoms with Crippen LogP contribution in [0.5, 0.6) is 0 Å². The molecule has 0 spiro atoms. The van der Waals surface area contributed by atoms with E-state index in [0.717, 1.165) is 5.39 Å². The van der Waals surface area contributed by atoms with Crippen molar-refractivity contribution in [3.05, 3.63) is 72.2 Å². The number of nitrogens with zero attached hydrogens (tertiary/aromatic N) is 6. The summed E-state index contributed by atoms with van der Waals surface area (Å²) in [4.78, 5) is 15.7. The summed E-state index contributed by atoms with van der Waals surface area (Å²) in [6, 6.07) is 9.72. The number of benzene rings is 1. The van der Waals surface area contributed by atoms with Gasteiger partial charge in [0.25, 0.3) is 0 Å². The van der Waals surface area contributed by atoms with Crippen molar-refractivity contribution in [1.82, 2.24) is 34.3 Å². The molecule has 28 heavy (non-hydrogen) atoms. The van der Waals surface area contributed by atoms with Crippen LogP contribution in [-0.2, 0) is 0 Å². The maximum Gasteiger partial charge on any atom is 0.182 e. The van der Waals surface area contributed by atoms with Gasteiger partial charge < -0.3 is 9.55 Å². The molecule has 8 nitrogen and oxygen atoms in total. The van der Waals surface area contributed by atoms with Crippen molar-refractivity contribution in [2.75, 3.05) is 0 Å². The van der Waals surface area contributed by atoms with Gasteiger partial charge in [-0.1, -0.05) is 6.07 Å². The zero-order valence-electron chi connectivity index (χ0n) is 14.8. The third-order valence-corrected chi connectivity index (χ3v) is 4.77. The smallest absolute Gasteiger partial charge is 0.182 e. The van der Waals surface area contributed by atoms with Crippen LogP contribution in [0.25, 0.3) is 27.9 Å². The number of hydrogen-bond acceptors (Lipinski definition) is 5. The highest BCUT2D eigenvalue weighted by Crippen LogP contribution is 2.28. The minimum Gasteiger partial charge on any atom is -0.340 e. The molecule has 0 aliphatic carbocycles. The highest BCUT2D eigenvalue weighted by atomic mass is 19.1. The Bertz CT molecular complexity index is 1370. The number of H-pyrrole nitrogens is 1. The number of nitrogens with one attached hydrogen (secondary N) is 2. The number of rotatable bonds is 3. The van der Waals surface area contributed by atoms with Crippen molar-refractivity contribution in [3.63, 3.8) is 0 Å². The lowest BCUT2D eigenvalue weighted by molar-refractivity contribution is 0.575. The molecule has 0 amide bonds. The Balaban J connectivity index is 1.74. The van der Waals surface area contributed by atoms with Gasteiger partial charge in [0.1, 0.15) is 11.3 Å². The monoisotopic (exact) mass is 374 g/mol. The second-order valence-corrected chi connectivity index (χ2v) is 6.42. The number of aromatic amines is 1. The number of pyridine rings is 1. The molecule has 4 aromatic heterocycles. The van der Waals surface area contributed by atoms with E-state index in [4.69, 9.17) is 10.5 Å². The zero-order valence-corrected chi connectivity index (χ0v) is 14.8. The molecule has 2 N–H and O–H groups in total. The van der Waals surface area contributed by atoms with Gasteiger partial charge in [-0.2, -0.15) is 5.10 Å². The summed E-state index contributed by atoms with van der Waals surface area (Å²) >= 11 is 0. The fourth-order valence-electron chi connectivity index (χ4n) is 3.36. The molecule has 138 valence electrons. The van der Waals surface area contributed by atoms with Gasteiger partial charge in [-0.05, 0) is 31.2 Å². The molecule has 0 fully saturated rings. The highest BCUT2D eigenvalue weighted by Gasteiger charge is 2.20. The second kappa shape index (κ2) is 6.08. The van der Waals surface area contributed by atoms with E-state index in [1.165, 1.54) is 18.5 Å². The first-order chi connectivity index (χ1) is 13.6. The molecule has 1 aromatic carbocycles. The van der Waals surface area contributed by atoms with Crippen molar-refractivity contribution in [1.29, 1.82) is 5.41 Å². The molecule has 0 bridgehead atoms. The summed E-state index contributed by atoms with van der Waals surface area (Å²) < 4.78 is 17.3. The van der Waals surface area contributed by atoms with Gasteiger partial charge in [-0.15, -0.1) is 0 Å². The van der Waals surface area contributed by atoms with Crippen molar-refractivity contribution in [2.45, 2.75) is 13.0 Å². The van der Waals surface area contributed by atoms with E-state index in [1.807, 2.05) is 25.1 Å². The third-order valence-electron chi connectivity index (χ3n) is 4.77. The largest absolute Gasteiger partial charge is 0.340 e. The standard InChI is InChI=1S/C19H15FN8/c1-11(27-10-25-19-17(18(27)21)23-9-24-19)16-13-6-5-12(20)8-14(13)28(26-16)15-4-2-3-7-22-15/h2-11,21H,1H3,(H,23,24)/t11-/m0/s1. The molecule has 0 saturated carbocycles. The van der Waals surface area contributed by atoms with Crippen LogP contribution in [0.4, 0.5) is 4.39 Å². The van der Waals surface area contributed by atoms with Gasteiger partial charge >= 0.3 is 0 Å². The molecule has 0 aliphatic rings. The fraction of sp³-hybridized carbons (Fsp3) is 0.105. The van der Waals surface area contributed by atoms with Gasteiger partial charge in [0, 0.05) is 17.6 Å². The molecule has 0 radical (unpaired) electrons. The van der Waals surface area contributed by atoms with Gasteiger partial charge in [0.15, 0.2) is 17.0 Å². The van der Waals surface area contributed by atoms with Crippen LogP contribution < -0.4 is 5.49 Å². The number of imidazole rings is 1. The van der Waals surface area contributed by atoms with E-state index in [0.29, 0.717) is 28.2 Å². The molecule has 0 aliphatic heterocycles. The van der Waals surface area contributed by atoms with Crippen LogP contribution in [0.2, 0.25) is 0 Å². The molecular formula is C19H15FN8. The number of hydrogen-bond donors (Lipinski definition) is 2. The normalized spacial score (nSPS) is 12.6. The number of aromatic nitrogens is 7. The first-order valence-corrected chi connectivity index (χ1v) is 8.68. The Labute approximate surface area is 157 Å². The Kier molecular flexibility index (Phi) is 3.54. The quantitative estimate of drug-likeness (QED) is 0.507. The topological polar surface area (TPSA) is 101 Å². The minimum atomic E-state index is -0.349. The molecule has 4 heterocycles. The van der Waals surface area contributed by atoms with E-state index in [2.05, 4.69) is 19.9 Å². The van der Waals surface area contributed by atoms with Gasteiger partial charge in [0.2, 0.25) is 0 Å². The maximum atomic E-state index is 14.0. The number of fused-ring (bicyclic) bond motifs is 2. The van der Waals surface area contributed by atoms with Gasteiger partial charge in [-0.25, -0.2) is 24.0 Å². The predicted molar refractivity (Wildman–Crippen MR) is 100 cm³/mol. The van der Waals surface area contributed by atoms with Gasteiger partial charge in [-0.3, -0.25) is 5.41 Å². The molecule has 5 aromatic rings. The maximum absolute atomic E-state index is 14.0. The van der Waals surface area contributed by atoms with Crippen LogP contribution in [0.3, 0.4) is 0 Å². The van der Waals surface area contributed by atoms with Crippen LogP contribution in [0.15, 0.2) is 55.2 Å². The molecular weight excluding hydrogens is 359 g/mol. The summed E-state index contributed by atoms with van der Waals surface area (Å²) in [6.07, 6.45) is 4.75. The van der Waals surface area contributed by atoms with E-state index in [-0.39, 0.29) is 17.3 Å². The fourth-order valence-corrected chi connectivity index (χ4v) is 3.36. The average Bonchev–Trinajstić information content (AvgIpc) is 3.33. The van der Waals surface area contributed by atoms with E-state index >= 15 is 0 Å². The Hall–Kier alpha value is -3.88. The molecule has 5 rings (SSSR count). The highest BCUT2D eigenvalue weighted by molar-refractivity contribution is 5.84. The first kappa shape index (κ1) is 16.3. The van der Waals surface area contributed by atoms with Gasteiger partial charge in [0.05, 0.1) is 29.9 Å². The zero-order chi connectivity index (χ0) is 19.3. The molecule has 9 heteroatoms. The SMILES string of the molecule is C[C@@H](c1nn(-c2ccccn2)c2cc(F)ccc12)n1cnc2nc[nH]c2c1=N. The number of halogens is 1. The van der Waals surface area contributed by atoms with Crippen molar-refractivity contribution in [2.24, 2.45) is 0 Å². The van der Waals surface area contributed by atoms with Crippen LogP contribution in [-0.4, -0.2) is 34.3 Å². The van der Waals surface area contributed by atoms with Crippen LogP contribution >= 0.6 is 0 Å². The molecule has 1 atom stereocenters. The van der Waals surface area contributed by atoms with E-state index in [9.17, 15) is 4.39 Å². The van der Waals surface area contributed by atoms with Crippen LogP contribution in [0, 0.1) is 11.2 Å². The lowest BCUT2D eigenvalue weighted by atomic mass is 10.1. The Morgan fingerprint density at radius 1 is 1.14 bits per heavy atom. The Morgan fingerprint density at radius 2 is 2.04 bits per heavy atom. The van der Waals surface area contributed by atoms with Crippen LogP contribution in [0.1, 0.15) is 18.7 Å². The lowest BCUT2D eigenvalue weighted by Gasteiger charge is -2.14.